The van der Waals surface area contributed by atoms with Gasteiger partial charge < -0.3 is 9.47 Å². The first-order valence-electron chi connectivity index (χ1n) is 7.69. The highest BCUT2D eigenvalue weighted by atomic mass is 16.6. The fourth-order valence-electron chi connectivity index (χ4n) is 3.06. The van der Waals surface area contributed by atoms with Gasteiger partial charge in [-0.15, -0.1) is 0 Å². The lowest BCUT2D eigenvalue weighted by molar-refractivity contribution is 0.0599. The minimum atomic E-state index is -0.667. The monoisotopic (exact) mass is 325 g/mol. The molecule has 3 rings (SSSR count). The predicted molar refractivity (Wildman–Crippen MR) is 90.0 cm³/mol. The SMILES string of the molecule is COC(=O)c1ccc(N2C(=O)OC(C)(C)C2c2ccccc2)cc1. The number of methoxy groups -OCH3 is 1. The number of amides is 1. The normalized spacial score (nSPS) is 19.0. The van der Waals surface area contributed by atoms with Crippen molar-refractivity contribution in [3.63, 3.8) is 0 Å². The van der Waals surface area contributed by atoms with Crippen LogP contribution in [-0.4, -0.2) is 24.8 Å². The molecule has 0 bridgehead atoms. The average molecular weight is 325 g/mol. The Morgan fingerprint density at radius 3 is 2.29 bits per heavy atom. The van der Waals surface area contributed by atoms with Gasteiger partial charge in [0.1, 0.15) is 11.6 Å². The van der Waals surface area contributed by atoms with E-state index in [4.69, 9.17) is 9.47 Å². The zero-order valence-corrected chi connectivity index (χ0v) is 13.9. The minimum Gasteiger partial charge on any atom is -0.465 e. The molecular weight excluding hydrogens is 306 g/mol. The maximum Gasteiger partial charge on any atom is 0.415 e. The highest BCUT2D eigenvalue weighted by Gasteiger charge is 2.49. The maximum atomic E-state index is 12.5. The van der Waals surface area contributed by atoms with Gasteiger partial charge in [-0.25, -0.2) is 9.59 Å². The Balaban J connectivity index is 2.01. The largest absolute Gasteiger partial charge is 0.465 e. The summed E-state index contributed by atoms with van der Waals surface area (Å²) in [6.07, 6.45) is -0.403. The fourth-order valence-corrected chi connectivity index (χ4v) is 3.06. The summed E-state index contributed by atoms with van der Waals surface area (Å²) in [5, 5.41) is 0. The van der Waals surface area contributed by atoms with Crippen LogP contribution in [0.3, 0.4) is 0 Å². The summed E-state index contributed by atoms with van der Waals surface area (Å²) >= 11 is 0. The number of anilines is 1. The number of cyclic esters (lactones) is 1. The molecule has 0 N–H and O–H groups in total. The van der Waals surface area contributed by atoms with Crippen molar-refractivity contribution in [1.82, 2.24) is 0 Å². The number of hydrogen-bond acceptors (Lipinski definition) is 4. The van der Waals surface area contributed by atoms with E-state index in [9.17, 15) is 9.59 Å². The summed E-state index contributed by atoms with van der Waals surface area (Å²) in [4.78, 5) is 25.7. The van der Waals surface area contributed by atoms with E-state index in [1.807, 2.05) is 44.2 Å². The molecule has 0 aromatic heterocycles. The molecule has 0 aliphatic carbocycles. The van der Waals surface area contributed by atoms with Crippen molar-refractivity contribution < 1.29 is 19.1 Å². The van der Waals surface area contributed by atoms with Crippen LogP contribution < -0.4 is 4.90 Å². The quantitative estimate of drug-likeness (QED) is 0.802. The first-order valence-corrected chi connectivity index (χ1v) is 7.69. The standard InChI is InChI=1S/C19H19NO4/c1-19(2)16(13-7-5-4-6-8-13)20(18(22)24-19)15-11-9-14(10-12-15)17(21)23-3/h4-12,16H,1-3H3. The van der Waals surface area contributed by atoms with Crippen LogP contribution >= 0.6 is 0 Å². The van der Waals surface area contributed by atoms with E-state index in [0.29, 0.717) is 11.3 Å². The third-order valence-corrected chi connectivity index (χ3v) is 4.15. The summed E-state index contributed by atoms with van der Waals surface area (Å²) < 4.78 is 10.3. The molecule has 5 nitrogen and oxygen atoms in total. The number of esters is 1. The van der Waals surface area contributed by atoms with E-state index in [0.717, 1.165) is 5.56 Å². The molecule has 2 aromatic rings. The average Bonchev–Trinajstić information content (AvgIpc) is 2.83. The number of nitrogens with zero attached hydrogens (tertiary/aromatic N) is 1. The van der Waals surface area contributed by atoms with E-state index in [2.05, 4.69) is 0 Å². The topological polar surface area (TPSA) is 55.8 Å². The Labute approximate surface area is 140 Å². The summed E-state index contributed by atoms with van der Waals surface area (Å²) in [5.74, 6) is -0.412. The smallest absolute Gasteiger partial charge is 0.415 e. The van der Waals surface area contributed by atoms with Crippen LogP contribution in [0.4, 0.5) is 10.5 Å². The third-order valence-electron chi connectivity index (χ3n) is 4.15. The van der Waals surface area contributed by atoms with Crippen LogP contribution in [0.15, 0.2) is 54.6 Å². The van der Waals surface area contributed by atoms with Gasteiger partial charge in [0, 0.05) is 5.69 Å². The highest BCUT2D eigenvalue weighted by Crippen LogP contribution is 2.43. The Morgan fingerprint density at radius 1 is 1.08 bits per heavy atom. The van der Waals surface area contributed by atoms with Crippen molar-refractivity contribution >= 4 is 17.7 Å². The van der Waals surface area contributed by atoms with Crippen LogP contribution in [0.5, 0.6) is 0 Å². The lowest BCUT2D eigenvalue weighted by Crippen LogP contribution is -2.33. The van der Waals surface area contributed by atoms with Crippen LogP contribution in [0.1, 0.15) is 35.8 Å². The molecule has 0 radical (unpaired) electrons. The van der Waals surface area contributed by atoms with Crippen molar-refractivity contribution in [1.29, 1.82) is 0 Å². The van der Waals surface area contributed by atoms with Crippen LogP contribution in [0.2, 0.25) is 0 Å². The zero-order valence-electron chi connectivity index (χ0n) is 13.9. The second-order valence-corrected chi connectivity index (χ2v) is 6.19. The van der Waals surface area contributed by atoms with Gasteiger partial charge in [-0.05, 0) is 43.7 Å². The zero-order chi connectivity index (χ0) is 17.3. The molecule has 124 valence electrons. The number of ether oxygens (including phenoxy) is 2. The van der Waals surface area contributed by atoms with Crippen LogP contribution in [0, 0.1) is 0 Å². The molecule has 1 aliphatic rings. The molecule has 1 amide bonds. The minimum absolute atomic E-state index is 0.254. The second-order valence-electron chi connectivity index (χ2n) is 6.19. The molecule has 1 unspecified atom stereocenters. The number of carbonyl (C=O) groups excluding carboxylic acids is 2. The van der Waals surface area contributed by atoms with Gasteiger partial charge in [-0.3, -0.25) is 4.90 Å². The van der Waals surface area contributed by atoms with Gasteiger partial charge in [0.15, 0.2) is 0 Å². The molecule has 1 fully saturated rings. The molecule has 1 atom stereocenters. The Hall–Kier alpha value is -2.82. The number of rotatable bonds is 3. The van der Waals surface area contributed by atoms with Gasteiger partial charge in [0.25, 0.3) is 0 Å². The predicted octanol–water partition coefficient (Wildman–Crippen LogP) is 3.95. The number of carbonyl (C=O) groups is 2. The van der Waals surface area contributed by atoms with Gasteiger partial charge in [0.2, 0.25) is 0 Å². The number of benzene rings is 2. The van der Waals surface area contributed by atoms with Gasteiger partial charge >= 0.3 is 12.1 Å². The van der Waals surface area contributed by atoms with Gasteiger partial charge in [-0.1, -0.05) is 30.3 Å². The molecule has 24 heavy (non-hydrogen) atoms. The Morgan fingerprint density at radius 2 is 1.71 bits per heavy atom. The summed E-state index contributed by atoms with van der Waals surface area (Å²) in [6, 6.07) is 16.2. The van der Waals surface area contributed by atoms with E-state index in [1.54, 1.807) is 29.2 Å². The lowest BCUT2D eigenvalue weighted by Gasteiger charge is -2.29. The molecular formula is C19H19NO4. The van der Waals surface area contributed by atoms with Crippen LogP contribution in [0.25, 0.3) is 0 Å². The first-order chi connectivity index (χ1) is 11.4. The van der Waals surface area contributed by atoms with Gasteiger partial charge in [-0.2, -0.15) is 0 Å². The van der Waals surface area contributed by atoms with E-state index in [-0.39, 0.29) is 6.04 Å². The van der Waals surface area contributed by atoms with E-state index < -0.39 is 17.7 Å². The van der Waals surface area contributed by atoms with Gasteiger partial charge in [0.05, 0.1) is 12.7 Å². The van der Waals surface area contributed by atoms with E-state index >= 15 is 0 Å². The molecule has 1 saturated heterocycles. The second kappa shape index (κ2) is 6.00. The summed E-state index contributed by atoms with van der Waals surface area (Å²) in [7, 11) is 1.34. The lowest BCUT2D eigenvalue weighted by atomic mass is 9.91. The molecule has 1 aliphatic heterocycles. The number of hydrogen-bond donors (Lipinski definition) is 0. The molecule has 0 spiro atoms. The van der Waals surface area contributed by atoms with Crippen molar-refractivity contribution in [3.8, 4) is 0 Å². The molecule has 2 aromatic carbocycles. The van der Waals surface area contributed by atoms with Crippen molar-refractivity contribution in [2.45, 2.75) is 25.5 Å². The summed E-state index contributed by atoms with van der Waals surface area (Å²) in [5.41, 5.74) is 1.43. The Kier molecular flexibility index (Phi) is 4.01. The molecule has 5 heteroatoms. The van der Waals surface area contributed by atoms with Crippen molar-refractivity contribution in [3.05, 3.63) is 65.7 Å². The van der Waals surface area contributed by atoms with Crippen molar-refractivity contribution in [2.24, 2.45) is 0 Å². The molecule has 0 saturated carbocycles. The Bertz CT molecular complexity index is 753. The maximum absolute atomic E-state index is 12.5. The first kappa shape index (κ1) is 16.1. The van der Waals surface area contributed by atoms with Crippen LogP contribution in [-0.2, 0) is 9.47 Å². The van der Waals surface area contributed by atoms with E-state index in [1.165, 1.54) is 7.11 Å². The molecule has 1 heterocycles. The third kappa shape index (κ3) is 2.73. The highest BCUT2D eigenvalue weighted by molar-refractivity contribution is 5.93. The van der Waals surface area contributed by atoms with Crippen molar-refractivity contribution in [2.75, 3.05) is 12.0 Å². The summed E-state index contributed by atoms with van der Waals surface area (Å²) in [6.45, 7) is 3.79. The fraction of sp³-hybridized carbons (Fsp3) is 0.263.